The lowest BCUT2D eigenvalue weighted by molar-refractivity contribution is -0.118. The molecule has 6 heteroatoms. The van der Waals surface area contributed by atoms with Crippen molar-refractivity contribution in [2.24, 2.45) is 11.7 Å². The number of amides is 1. The molecule has 0 fully saturated rings. The third kappa shape index (κ3) is 3.27. The van der Waals surface area contributed by atoms with Gasteiger partial charge in [0.15, 0.2) is 5.13 Å². The van der Waals surface area contributed by atoms with E-state index in [-0.39, 0.29) is 10.9 Å². The number of carbonyl (C=O) groups excluding carboxylic acids is 1. The van der Waals surface area contributed by atoms with Crippen molar-refractivity contribution in [3.63, 3.8) is 0 Å². The normalized spacial score (nSPS) is 12.3. The fourth-order valence-electron chi connectivity index (χ4n) is 1.81. The van der Waals surface area contributed by atoms with Crippen molar-refractivity contribution in [2.45, 2.75) is 19.8 Å². The van der Waals surface area contributed by atoms with Crippen LogP contribution in [0.1, 0.15) is 19.8 Å². The molecule has 0 bridgehead atoms. The van der Waals surface area contributed by atoms with Crippen LogP contribution in [-0.2, 0) is 4.79 Å². The molecule has 2 aromatic rings. The van der Waals surface area contributed by atoms with Gasteiger partial charge in [0.2, 0.25) is 5.91 Å². The van der Waals surface area contributed by atoms with Crippen molar-refractivity contribution in [3.05, 3.63) is 24.3 Å². The number of nitrogens with two attached hydrogens (primary N) is 1. The zero-order valence-corrected chi connectivity index (χ0v) is 12.2. The van der Waals surface area contributed by atoms with E-state index in [0.717, 1.165) is 16.6 Å². The van der Waals surface area contributed by atoms with Crippen molar-refractivity contribution in [3.8, 4) is 0 Å². The molecular weight excluding hydrogens is 278 g/mol. The van der Waals surface area contributed by atoms with Crippen LogP contribution in [0.15, 0.2) is 24.3 Å². The Morgan fingerprint density at radius 2 is 2.26 bits per heavy atom. The predicted octanol–water partition coefficient (Wildman–Crippen LogP) is 2.94. The molecule has 2 rings (SSSR count). The molecule has 0 aliphatic heterocycles. The van der Waals surface area contributed by atoms with Crippen LogP contribution >= 0.6 is 23.6 Å². The number of carbonyl (C=O) groups is 1. The summed E-state index contributed by atoms with van der Waals surface area (Å²) in [6.45, 7) is 2.00. The van der Waals surface area contributed by atoms with Crippen LogP contribution in [0.4, 0.5) is 5.13 Å². The number of thiazole rings is 1. The average Bonchev–Trinajstić information content (AvgIpc) is 2.77. The number of fused-ring (bicyclic) bond motifs is 1. The van der Waals surface area contributed by atoms with Gasteiger partial charge in [0.05, 0.1) is 21.1 Å². The quantitative estimate of drug-likeness (QED) is 0.832. The minimum Gasteiger partial charge on any atom is -0.393 e. The van der Waals surface area contributed by atoms with Gasteiger partial charge >= 0.3 is 0 Å². The Morgan fingerprint density at radius 3 is 2.89 bits per heavy atom. The third-order valence-electron chi connectivity index (χ3n) is 2.76. The van der Waals surface area contributed by atoms with Gasteiger partial charge in [-0.1, -0.05) is 49.0 Å². The van der Waals surface area contributed by atoms with E-state index in [9.17, 15) is 4.79 Å². The highest BCUT2D eigenvalue weighted by Crippen LogP contribution is 2.26. The number of para-hydroxylation sites is 1. The molecule has 0 saturated heterocycles. The van der Waals surface area contributed by atoms with E-state index in [2.05, 4.69) is 10.3 Å². The third-order valence-corrected chi connectivity index (χ3v) is 4.00. The van der Waals surface area contributed by atoms with Crippen molar-refractivity contribution in [1.29, 1.82) is 0 Å². The Kier molecular flexibility index (Phi) is 4.44. The van der Waals surface area contributed by atoms with Crippen molar-refractivity contribution in [2.75, 3.05) is 5.32 Å². The minimum absolute atomic E-state index is 0.173. The molecule has 0 spiro atoms. The summed E-state index contributed by atoms with van der Waals surface area (Å²) in [5.74, 6) is -0.597. The molecule has 1 heterocycles. The smallest absolute Gasteiger partial charge is 0.236 e. The van der Waals surface area contributed by atoms with Gasteiger partial charge in [0.1, 0.15) is 0 Å². The first-order valence-corrected chi connectivity index (χ1v) is 7.30. The highest BCUT2D eigenvalue weighted by Gasteiger charge is 2.21. The number of hydrogen-bond donors (Lipinski definition) is 2. The predicted molar refractivity (Wildman–Crippen MR) is 83.4 cm³/mol. The standard InChI is InChI=1S/C13H15N3OS2/c1-2-5-8(11(14)18)12(17)16-13-15-9-6-3-4-7-10(9)19-13/h3-4,6-8H,2,5H2,1H3,(H2,14,18)(H,15,16,17). The highest BCUT2D eigenvalue weighted by molar-refractivity contribution is 7.80. The van der Waals surface area contributed by atoms with Crippen molar-refractivity contribution >= 4 is 49.8 Å². The molecule has 1 amide bonds. The summed E-state index contributed by atoms with van der Waals surface area (Å²) in [4.78, 5) is 16.7. The molecule has 1 atom stereocenters. The second kappa shape index (κ2) is 6.08. The highest BCUT2D eigenvalue weighted by atomic mass is 32.1. The topological polar surface area (TPSA) is 68.0 Å². The van der Waals surface area contributed by atoms with E-state index in [1.54, 1.807) is 0 Å². The number of aromatic nitrogens is 1. The van der Waals surface area contributed by atoms with E-state index in [1.165, 1.54) is 11.3 Å². The van der Waals surface area contributed by atoms with Crippen LogP contribution in [0.25, 0.3) is 10.2 Å². The van der Waals surface area contributed by atoms with Gasteiger partial charge in [0.25, 0.3) is 0 Å². The zero-order chi connectivity index (χ0) is 13.8. The summed E-state index contributed by atoms with van der Waals surface area (Å²) >= 11 is 6.38. The molecule has 0 saturated carbocycles. The first-order chi connectivity index (χ1) is 9.11. The largest absolute Gasteiger partial charge is 0.393 e. The van der Waals surface area contributed by atoms with E-state index >= 15 is 0 Å². The van der Waals surface area contributed by atoms with Crippen LogP contribution in [0.3, 0.4) is 0 Å². The molecule has 0 radical (unpaired) electrons. The number of nitrogens with one attached hydrogen (secondary N) is 1. The number of anilines is 1. The molecular formula is C13H15N3OS2. The van der Waals surface area contributed by atoms with E-state index in [1.807, 2.05) is 31.2 Å². The number of rotatable bonds is 5. The van der Waals surface area contributed by atoms with Crippen molar-refractivity contribution < 1.29 is 4.79 Å². The van der Waals surface area contributed by atoms with Gasteiger partial charge in [-0.05, 0) is 18.6 Å². The summed E-state index contributed by atoms with van der Waals surface area (Å²) in [6, 6.07) is 7.75. The number of hydrogen-bond acceptors (Lipinski definition) is 4. The summed E-state index contributed by atoms with van der Waals surface area (Å²) in [7, 11) is 0. The van der Waals surface area contributed by atoms with Crippen LogP contribution < -0.4 is 11.1 Å². The first-order valence-electron chi connectivity index (χ1n) is 6.07. The van der Waals surface area contributed by atoms with E-state index in [0.29, 0.717) is 11.6 Å². The fraction of sp³-hybridized carbons (Fsp3) is 0.308. The summed E-state index contributed by atoms with van der Waals surface area (Å²) in [5.41, 5.74) is 6.49. The molecule has 1 unspecified atom stereocenters. The maximum Gasteiger partial charge on any atom is 0.236 e. The van der Waals surface area contributed by atoms with Crippen LogP contribution in [0, 0.1) is 5.92 Å². The zero-order valence-electron chi connectivity index (χ0n) is 10.6. The molecule has 1 aromatic carbocycles. The molecule has 0 aliphatic carbocycles. The molecule has 3 N–H and O–H groups in total. The van der Waals surface area contributed by atoms with Gasteiger partial charge in [-0.2, -0.15) is 0 Å². The van der Waals surface area contributed by atoms with Crippen LogP contribution in [0.5, 0.6) is 0 Å². The Labute approximate surface area is 121 Å². The maximum atomic E-state index is 12.1. The monoisotopic (exact) mass is 293 g/mol. The number of nitrogens with zero attached hydrogens (tertiary/aromatic N) is 1. The maximum absolute atomic E-state index is 12.1. The Balaban J connectivity index is 2.15. The first kappa shape index (κ1) is 13.9. The summed E-state index contributed by atoms with van der Waals surface area (Å²) < 4.78 is 1.04. The molecule has 1 aromatic heterocycles. The SMILES string of the molecule is CCCC(C(=O)Nc1nc2ccccc2s1)C(N)=S. The van der Waals surface area contributed by atoms with Crippen LogP contribution in [-0.4, -0.2) is 15.9 Å². The summed E-state index contributed by atoms with van der Waals surface area (Å²) in [6.07, 6.45) is 1.52. The molecule has 100 valence electrons. The van der Waals surface area contributed by atoms with Gasteiger partial charge in [-0.25, -0.2) is 4.98 Å². The van der Waals surface area contributed by atoms with Gasteiger partial charge in [-0.3, -0.25) is 4.79 Å². The van der Waals surface area contributed by atoms with E-state index < -0.39 is 5.92 Å². The minimum atomic E-state index is -0.424. The second-order valence-corrected chi connectivity index (χ2v) is 5.72. The number of thiocarbonyl (C=S) groups is 1. The van der Waals surface area contributed by atoms with Crippen molar-refractivity contribution in [1.82, 2.24) is 4.98 Å². The van der Waals surface area contributed by atoms with Gasteiger partial charge < -0.3 is 11.1 Å². The summed E-state index contributed by atoms with van der Waals surface area (Å²) in [5, 5.41) is 3.39. The lowest BCUT2D eigenvalue weighted by atomic mass is 10.0. The number of benzene rings is 1. The molecule has 0 aliphatic rings. The Hall–Kier alpha value is -1.53. The van der Waals surface area contributed by atoms with E-state index in [4.69, 9.17) is 18.0 Å². The van der Waals surface area contributed by atoms with Gasteiger partial charge in [-0.15, -0.1) is 0 Å². The fourth-order valence-corrected chi connectivity index (χ4v) is 2.90. The average molecular weight is 293 g/mol. The lowest BCUT2D eigenvalue weighted by Crippen LogP contribution is -2.33. The van der Waals surface area contributed by atoms with Crippen LogP contribution in [0.2, 0.25) is 0 Å². The molecule has 4 nitrogen and oxygen atoms in total. The lowest BCUT2D eigenvalue weighted by Gasteiger charge is -2.12. The molecule has 19 heavy (non-hydrogen) atoms. The Bertz CT molecular complexity index is 576. The Morgan fingerprint density at radius 1 is 1.53 bits per heavy atom. The van der Waals surface area contributed by atoms with Gasteiger partial charge in [0, 0.05) is 0 Å². The second-order valence-electron chi connectivity index (χ2n) is 4.22.